The van der Waals surface area contributed by atoms with Crippen LogP contribution in [0.4, 0.5) is 0 Å². The Morgan fingerprint density at radius 1 is 1.03 bits per heavy atom. The summed E-state index contributed by atoms with van der Waals surface area (Å²) in [6.07, 6.45) is 4.46. The van der Waals surface area contributed by atoms with Crippen molar-refractivity contribution in [3.05, 3.63) is 71.5 Å². The maximum Gasteiger partial charge on any atom is 0.242 e. The Labute approximate surface area is 176 Å². The van der Waals surface area contributed by atoms with Crippen LogP contribution in [-0.2, 0) is 28.6 Å². The van der Waals surface area contributed by atoms with E-state index in [2.05, 4.69) is 28.8 Å². The van der Waals surface area contributed by atoms with Gasteiger partial charge in [0.25, 0.3) is 0 Å². The first-order valence-electron chi connectivity index (χ1n) is 9.77. The van der Waals surface area contributed by atoms with E-state index in [0.29, 0.717) is 10.6 Å². The van der Waals surface area contributed by atoms with Crippen LogP contribution in [0.25, 0.3) is 5.69 Å². The number of fused-ring (bicyclic) bond motifs is 1. The molecule has 0 saturated carbocycles. The zero-order valence-electron chi connectivity index (χ0n) is 16.7. The minimum absolute atomic E-state index is 0.325. The third kappa shape index (κ3) is 4.13. The molecule has 0 N–H and O–H groups in total. The second-order valence-corrected chi connectivity index (χ2v) is 10.5. The van der Waals surface area contributed by atoms with Crippen molar-refractivity contribution in [2.45, 2.75) is 41.5 Å². The van der Waals surface area contributed by atoms with E-state index in [0.717, 1.165) is 29.2 Å². The van der Waals surface area contributed by atoms with E-state index in [-0.39, 0.29) is 0 Å². The van der Waals surface area contributed by atoms with Gasteiger partial charge in [0.15, 0.2) is 5.16 Å². The van der Waals surface area contributed by atoms with Crippen molar-refractivity contribution in [1.82, 2.24) is 13.9 Å². The monoisotopic (exact) mass is 427 g/mol. The van der Waals surface area contributed by atoms with E-state index in [1.54, 1.807) is 44.1 Å². The smallest absolute Gasteiger partial charge is 0.242 e. The molecular weight excluding hydrogens is 402 g/mol. The summed E-state index contributed by atoms with van der Waals surface area (Å²) in [5.41, 5.74) is 4.62. The van der Waals surface area contributed by atoms with Crippen molar-refractivity contribution in [2.24, 2.45) is 0 Å². The highest BCUT2D eigenvalue weighted by Crippen LogP contribution is 2.32. The van der Waals surface area contributed by atoms with E-state index in [4.69, 9.17) is 4.98 Å². The summed E-state index contributed by atoms with van der Waals surface area (Å²) in [5, 5.41) is 0.976. The van der Waals surface area contributed by atoms with E-state index < -0.39 is 10.0 Å². The number of hydrogen-bond donors (Lipinski definition) is 0. The van der Waals surface area contributed by atoms with Crippen LogP contribution in [0.3, 0.4) is 0 Å². The number of benzene rings is 2. The van der Waals surface area contributed by atoms with Crippen LogP contribution in [0.2, 0.25) is 0 Å². The molecule has 152 valence electrons. The highest BCUT2D eigenvalue weighted by Gasteiger charge is 2.22. The van der Waals surface area contributed by atoms with E-state index in [9.17, 15) is 8.42 Å². The predicted molar refractivity (Wildman–Crippen MR) is 117 cm³/mol. The van der Waals surface area contributed by atoms with Gasteiger partial charge in [-0.05, 0) is 55.5 Å². The van der Waals surface area contributed by atoms with Gasteiger partial charge in [-0.1, -0.05) is 42.1 Å². The second kappa shape index (κ2) is 8.34. The molecule has 0 amide bonds. The summed E-state index contributed by atoms with van der Waals surface area (Å²) >= 11 is 1.66. The molecule has 1 aliphatic rings. The molecule has 0 bridgehead atoms. The maximum absolute atomic E-state index is 12.4. The van der Waals surface area contributed by atoms with Crippen LogP contribution < -0.4 is 0 Å². The van der Waals surface area contributed by atoms with Gasteiger partial charge in [0, 0.05) is 31.2 Å². The molecule has 5 nitrogen and oxygen atoms in total. The highest BCUT2D eigenvalue weighted by molar-refractivity contribution is 7.98. The Morgan fingerprint density at radius 2 is 1.79 bits per heavy atom. The molecule has 3 aromatic rings. The lowest BCUT2D eigenvalue weighted by Gasteiger charge is -2.15. The Morgan fingerprint density at radius 3 is 2.55 bits per heavy atom. The van der Waals surface area contributed by atoms with Gasteiger partial charge < -0.3 is 0 Å². The molecule has 1 aromatic heterocycles. The van der Waals surface area contributed by atoms with Gasteiger partial charge >= 0.3 is 0 Å². The number of rotatable bonds is 6. The van der Waals surface area contributed by atoms with Crippen LogP contribution in [-0.4, -0.2) is 36.4 Å². The van der Waals surface area contributed by atoms with Gasteiger partial charge in [0.1, 0.15) is 0 Å². The van der Waals surface area contributed by atoms with Gasteiger partial charge in [0.2, 0.25) is 10.0 Å². The number of sulfonamides is 1. The quantitative estimate of drug-likeness (QED) is 0.551. The standard InChI is InChI=1S/C22H25N3O2S2/c1-24(2)29(26,27)19-12-8-9-17(15-19)16-28-22-23-20-13-6-7-14-21(20)25(22)18-10-4-3-5-11-18/h3-5,8-12,15H,6-7,13-14,16H2,1-2H3. The van der Waals surface area contributed by atoms with Gasteiger partial charge in [-0.25, -0.2) is 17.7 Å². The lowest BCUT2D eigenvalue weighted by Crippen LogP contribution is -2.22. The Kier molecular flexibility index (Phi) is 5.81. The normalized spacial score (nSPS) is 14.2. The SMILES string of the molecule is CN(C)S(=O)(=O)c1cccc(CSc2nc3c(n2-c2ccccc2)CCCC3)c1. The van der Waals surface area contributed by atoms with Crippen molar-refractivity contribution in [2.75, 3.05) is 14.1 Å². The molecule has 1 heterocycles. The first kappa shape index (κ1) is 20.2. The Bertz CT molecular complexity index is 1110. The lowest BCUT2D eigenvalue weighted by molar-refractivity contribution is 0.520. The Balaban J connectivity index is 1.64. The molecule has 0 spiro atoms. The number of aromatic nitrogens is 2. The van der Waals surface area contributed by atoms with E-state index >= 15 is 0 Å². The largest absolute Gasteiger partial charge is 0.292 e. The highest BCUT2D eigenvalue weighted by atomic mass is 32.2. The number of hydrogen-bond acceptors (Lipinski definition) is 4. The molecule has 0 fully saturated rings. The molecule has 1 aliphatic carbocycles. The van der Waals surface area contributed by atoms with Crippen LogP contribution in [0.15, 0.2) is 64.6 Å². The summed E-state index contributed by atoms with van der Waals surface area (Å²) in [4.78, 5) is 5.27. The first-order valence-corrected chi connectivity index (χ1v) is 12.2. The molecule has 0 unspecified atom stereocenters. The summed E-state index contributed by atoms with van der Waals surface area (Å²) in [6, 6.07) is 17.5. The summed E-state index contributed by atoms with van der Waals surface area (Å²) in [5.74, 6) is 0.666. The maximum atomic E-state index is 12.4. The third-order valence-corrected chi connectivity index (χ3v) is 7.98. The fraction of sp³-hybridized carbons (Fsp3) is 0.318. The van der Waals surface area contributed by atoms with Crippen LogP contribution in [0.5, 0.6) is 0 Å². The molecule has 7 heteroatoms. The zero-order chi connectivity index (χ0) is 20.4. The topological polar surface area (TPSA) is 55.2 Å². The summed E-state index contributed by atoms with van der Waals surface area (Å²) in [6.45, 7) is 0. The van der Waals surface area contributed by atoms with Gasteiger partial charge in [-0.15, -0.1) is 0 Å². The lowest BCUT2D eigenvalue weighted by atomic mass is 10.0. The van der Waals surface area contributed by atoms with Gasteiger partial charge in [0.05, 0.1) is 10.6 Å². The van der Waals surface area contributed by atoms with E-state index in [1.165, 1.54) is 28.5 Å². The number of nitrogens with zero attached hydrogens (tertiary/aromatic N) is 3. The third-order valence-electron chi connectivity index (χ3n) is 5.16. The van der Waals surface area contributed by atoms with Crippen molar-refractivity contribution >= 4 is 21.8 Å². The number of imidazole rings is 1. The number of thioether (sulfide) groups is 1. The van der Waals surface area contributed by atoms with Crippen molar-refractivity contribution < 1.29 is 8.42 Å². The van der Waals surface area contributed by atoms with Gasteiger partial charge in [-0.2, -0.15) is 0 Å². The fourth-order valence-corrected chi connectivity index (χ4v) is 5.58. The summed E-state index contributed by atoms with van der Waals surface area (Å²) < 4.78 is 28.4. The fourth-order valence-electron chi connectivity index (χ4n) is 3.61. The van der Waals surface area contributed by atoms with Crippen LogP contribution in [0, 0.1) is 0 Å². The van der Waals surface area contributed by atoms with Crippen molar-refractivity contribution in [3.63, 3.8) is 0 Å². The molecule has 0 atom stereocenters. The van der Waals surface area contributed by atoms with Crippen LogP contribution >= 0.6 is 11.8 Å². The Hall–Kier alpha value is -2.09. The minimum atomic E-state index is -3.43. The molecule has 0 saturated heterocycles. The molecule has 2 aromatic carbocycles. The molecule has 4 rings (SSSR count). The molecular formula is C22H25N3O2S2. The number of para-hydroxylation sites is 1. The van der Waals surface area contributed by atoms with Gasteiger partial charge in [-0.3, -0.25) is 4.57 Å². The van der Waals surface area contributed by atoms with Crippen LogP contribution in [0.1, 0.15) is 29.8 Å². The number of aryl methyl sites for hydroxylation is 1. The van der Waals surface area contributed by atoms with Crippen molar-refractivity contribution in [3.8, 4) is 5.69 Å². The van der Waals surface area contributed by atoms with Crippen molar-refractivity contribution in [1.29, 1.82) is 0 Å². The minimum Gasteiger partial charge on any atom is -0.292 e. The first-order chi connectivity index (χ1) is 14.0. The average Bonchev–Trinajstić information content (AvgIpc) is 3.11. The molecule has 0 radical (unpaired) electrons. The molecule has 29 heavy (non-hydrogen) atoms. The summed E-state index contributed by atoms with van der Waals surface area (Å²) in [7, 11) is -0.325. The molecule has 0 aliphatic heterocycles. The average molecular weight is 428 g/mol. The predicted octanol–water partition coefficient (Wildman–Crippen LogP) is 4.29. The zero-order valence-corrected chi connectivity index (χ0v) is 18.3. The van der Waals surface area contributed by atoms with E-state index in [1.807, 2.05) is 12.1 Å². The second-order valence-electron chi connectivity index (χ2n) is 7.39.